The lowest BCUT2D eigenvalue weighted by atomic mass is 10.3. The van der Waals surface area contributed by atoms with Crippen molar-refractivity contribution in [3.05, 3.63) is 57.5 Å². The third-order valence-electron chi connectivity index (χ3n) is 2.16. The second-order valence-electron chi connectivity index (χ2n) is 3.31. The summed E-state index contributed by atoms with van der Waals surface area (Å²) in [6.07, 6.45) is 1.47. The van der Waals surface area contributed by atoms with E-state index in [-0.39, 0.29) is 5.15 Å². The molecule has 0 fully saturated rings. The van der Waals surface area contributed by atoms with Crippen molar-refractivity contribution < 1.29 is 4.39 Å². The standard InChI is InChI=1S/C11H8ClFN2O/c1-7-6-14-10(12)11(16)15(7)9-4-2-3-8(13)5-9/h2-6H,1H3. The lowest BCUT2D eigenvalue weighted by molar-refractivity contribution is 0.626. The Labute approximate surface area is 96.1 Å². The van der Waals surface area contributed by atoms with Crippen LogP contribution < -0.4 is 5.56 Å². The highest BCUT2D eigenvalue weighted by atomic mass is 35.5. The van der Waals surface area contributed by atoms with Gasteiger partial charge in [0.1, 0.15) is 5.82 Å². The smallest absolute Gasteiger partial charge is 0.277 e. The Morgan fingerprint density at radius 3 is 2.88 bits per heavy atom. The van der Waals surface area contributed by atoms with Gasteiger partial charge in [-0.1, -0.05) is 17.7 Å². The van der Waals surface area contributed by atoms with Crippen LogP contribution in [0.15, 0.2) is 35.3 Å². The highest BCUT2D eigenvalue weighted by molar-refractivity contribution is 6.29. The molecule has 0 saturated carbocycles. The fourth-order valence-electron chi connectivity index (χ4n) is 1.45. The first kappa shape index (κ1) is 10.8. The van der Waals surface area contributed by atoms with Gasteiger partial charge in [-0.2, -0.15) is 0 Å². The molecule has 0 radical (unpaired) electrons. The van der Waals surface area contributed by atoms with E-state index in [1.807, 2.05) is 0 Å². The number of rotatable bonds is 1. The second kappa shape index (κ2) is 4.06. The van der Waals surface area contributed by atoms with Crippen LogP contribution in [0.5, 0.6) is 0 Å². The van der Waals surface area contributed by atoms with E-state index >= 15 is 0 Å². The normalized spacial score (nSPS) is 10.4. The quantitative estimate of drug-likeness (QED) is 0.764. The number of benzene rings is 1. The average Bonchev–Trinajstić information content (AvgIpc) is 2.24. The summed E-state index contributed by atoms with van der Waals surface area (Å²) in [5.41, 5.74) is 0.582. The molecule has 2 rings (SSSR count). The summed E-state index contributed by atoms with van der Waals surface area (Å²) in [5.74, 6) is -0.406. The number of halogens is 2. The van der Waals surface area contributed by atoms with Crippen molar-refractivity contribution in [1.29, 1.82) is 0 Å². The minimum Gasteiger partial charge on any atom is -0.277 e. The second-order valence-corrected chi connectivity index (χ2v) is 3.67. The molecule has 0 aliphatic rings. The molecule has 0 atom stereocenters. The number of nitrogens with zero attached hydrogens (tertiary/aromatic N) is 2. The number of hydrogen-bond donors (Lipinski definition) is 0. The summed E-state index contributed by atoms with van der Waals surface area (Å²) >= 11 is 5.64. The Morgan fingerprint density at radius 1 is 1.44 bits per heavy atom. The maximum absolute atomic E-state index is 13.1. The largest absolute Gasteiger partial charge is 0.292 e. The molecule has 1 heterocycles. The Hall–Kier alpha value is -1.68. The molecule has 82 valence electrons. The lowest BCUT2D eigenvalue weighted by Crippen LogP contribution is -2.22. The van der Waals surface area contributed by atoms with Crippen molar-refractivity contribution in [3.63, 3.8) is 0 Å². The summed E-state index contributed by atoms with van der Waals surface area (Å²) in [6.45, 7) is 1.70. The molecule has 0 amide bonds. The van der Waals surface area contributed by atoms with Crippen LogP contribution in [0.2, 0.25) is 5.15 Å². The third-order valence-corrected chi connectivity index (χ3v) is 2.42. The van der Waals surface area contributed by atoms with Gasteiger partial charge in [0.15, 0.2) is 5.15 Å². The van der Waals surface area contributed by atoms with Crippen LogP contribution in [-0.4, -0.2) is 9.55 Å². The Bertz CT molecular complexity index is 595. The molecule has 0 aliphatic heterocycles. The number of aromatic nitrogens is 2. The van der Waals surface area contributed by atoms with E-state index in [2.05, 4.69) is 4.98 Å². The Balaban J connectivity index is 2.74. The fourth-order valence-corrected chi connectivity index (χ4v) is 1.58. The van der Waals surface area contributed by atoms with Crippen LogP contribution in [0.4, 0.5) is 4.39 Å². The summed E-state index contributed by atoms with van der Waals surface area (Å²) in [4.78, 5) is 15.5. The average molecular weight is 239 g/mol. The number of hydrogen-bond acceptors (Lipinski definition) is 2. The van der Waals surface area contributed by atoms with Gasteiger partial charge in [-0.05, 0) is 25.1 Å². The molecule has 0 saturated heterocycles. The van der Waals surface area contributed by atoms with Crippen LogP contribution in [0, 0.1) is 12.7 Å². The van der Waals surface area contributed by atoms with Crippen LogP contribution in [0.3, 0.4) is 0 Å². The predicted molar refractivity (Wildman–Crippen MR) is 59.5 cm³/mol. The van der Waals surface area contributed by atoms with Crippen LogP contribution in [-0.2, 0) is 0 Å². The summed E-state index contributed by atoms with van der Waals surface area (Å²) in [5, 5.41) is -0.130. The van der Waals surface area contributed by atoms with Gasteiger partial charge in [-0.15, -0.1) is 0 Å². The van der Waals surface area contributed by atoms with Gasteiger partial charge in [-0.25, -0.2) is 9.37 Å². The molecule has 5 heteroatoms. The van der Waals surface area contributed by atoms with Crippen LogP contribution >= 0.6 is 11.6 Å². The first-order valence-corrected chi connectivity index (χ1v) is 4.97. The molecule has 2 aromatic rings. The van der Waals surface area contributed by atoms with Crippen LogP contribution in [0.1, 0.15) is 5.69 Å². The molecule has 0 unspecified atom stereocenters. The minimum absolute atomic E-state index is 0.130. The van der Waals surface area contributed by atoms with Crippen LogP contribution in [0.25, 0.3) is 5.69 Å². The van der Waals surface area contributed by atoms with Gasteiger partial charge in [0.2, 0.25) is 0 Å². The molecule has 3 nitrogen and oxygen atoms in total. The molecule has 0 N–H and O–H groups in total. The van der Waals surface area contributed by atoms with E-state index in [1.54, 1.807) is 13.0 Å². The zero-order valence-corrected chi connectivity index (χ0v) is 9.20. The van der Waals surface area contributed by atoms with Crippen molar-refractivity contribution in [2.45, 2.75) is 6.92 Å². The SMILES string of the molecule is Cc1cnc(Cl)c(=O)n1-c1cccc(F)c1. The van der Waals surface area contributed by atoms with Gasteiger partial charge in [0, 0.05) is 11.9 Å². The predicted octanol–water partition coefficient (Wildman–Crippen LogP) is 2.33. The van der Waals surface area contributed by atoms with Gasteiger partial charge in [0.25, 0.3) is 5.56 Å². The van der Waals surface area contributed by atoms with E-state index in [4.69, 9.17) is 11.6 Å². The molecule has 0 bridgehead atoms. The van der Waals surface area contributed by atoms with Crippen molar-refractivity contribution in [1.82, 2.24) is 9.55 Å². The van der Waals surface area contributed by atoms with Crippen molar-refractivity contribution >= 4 is 11.6 Å². The Kier molecular flexibility index (Phi) is 2.75. The highest BCUT2D eigenvalue weighted by Crippen LogP contribution is 2.10. The molecule has 1 aromatic carbocycles. The van der Waals surface area contributed by atoms with Crippen molar-refractivity contribution in [2.75, 3.05) is 0 Å². The Morgan fingerprint density at radius 2 is 2.19 bits per heavy atom. The maximum Gasteiger partial charge on any atom is 0.292 e. The van der Waals surface area contributed by atoms with E-state index in [0.29, 0.717) is 11.4 Å². The maximum atomic E-state index is 13.1. The zero-order valence-electron chi connectivity index (χ0n) is 8.45. The van der Waals surface area contributed by atoms with Gasteiger partial charge in [0.05, 0.1) is 5.69 Å². The molecule has 0 spiro atoms. The topological polar surface area (TPSA) is 34.9 Å². The highest BCUT2D eigenvalue weighted by Gasteiger charge is 2.08. The third kappa shape index (κ3) is 1.84. The first-order valence-electron chi connectivity index (χ1n) is 4.59. The molecule has 1 aromatic heterocycles. The zero-order chi connectivity index (χ0) is 11.7. The summed E-state index contributed by atoms with van der Waals surface area (Å²) in [6, 6.07) is 5.75. The van der Waals surface area contributed by atoms with Gasteiger partial charge < -0.3 is 0 Å². The minimum atomic E-state index is -0.452. The fraction of sp³-hybridized carbons (Fsp3) is 0.0909. The van der Waals surface area contributed by atoms with Crippen molar-refractivity contribution in [2.24, 2.45) is 0 Å². The lowest BCUT2D eigenvalue weighted by Gasteiger charge is -2.09. The summed E-state index contributed by atoms with van der Waals surface area (Å²) in [7, 11) is 0. The van der Waals surface area contributed by atoms with Crippen molar-refractivity contribution in [3.8, 4) is 5.69 Å². The summed E-state index contributed by atoms with van der Waals surface area (Å²) < 4.78 is 14.4. The molecular formula is C11H8ClFN2O. The monoisotopic (exact) mass is 238 g/mol. The molecular weight excluding hydrogens is 231 g/mol. The van der Waals surface area contributed by atoms with E-state index < -0.39 is 11.4 Å². The first-order chi connectivity index (χ1) is 7.59. The number of aryl methyl sites for hydroxylation is 1. The van der Waals surface area contributed by atoms with Gasteiger partial charge >= 0.3 is 0 Å². The molecule has 0 aliphatic carbocycles. The molecule has 16 heavy (non-hydrogen) atoms. The van der Waals surface area contributed by atoms with E-state index in [1.165, 1.54) is 29.0 Å². The van der Waals surface area contributed by atoms with E-state index in [0.717, 1.165) is 0 Å². The van der Waals surface area contributed by atoms with E-state index in [9.17, 15) is 9.18 Å². The van der Waals surface area contributed by atoms with Gasteiger partial charge in [-0.3, -0.25) is 9.36 Å².